The van der Waals surface area contributed by atoms with Gasteiger partial charge in [0, 0.05) is 29.6 Å². The van der Waals surface area contributed by atoms with Crippen molar-refractivity contribution in [1.82, 2.24) is 4.90 Å². The SMILES string of the molecule is O=C(c1ccc(Cl)cc1)N1CC2CCC(O)C2C1. The number of hydrogen-bond donors (Lipinski definition) is 1. The molecule has 4 heteroatoms. The number of aliphatic hydroxyl groups is 1. The summed E-state index contributed by atoms with van der Waals surface area (Å²) < 4.78 is 0. The number of aliphatic hydroxyl groups excluding tert-OH is 1. The molecule has 2 fully saturated rings. The van der Waals surface area contributed by atoms with Crippen molar-refractivity contribution in [2.45, 2.75) is 18.9 Å². The van der Waals surface area contributed by atoms with E-state index in [0.29, 0.717) is 23.0 Å². The minimum absolute atomic E-state index is 0.0493. The second-order valence-electron chi connectivity index (χ2n) is 5.29. The number of hydrogen-bond acceptors (Lipinski definition) is 2. The molecule has 1 heterocycles. The molecule has 1 saturated heterocycles. The van der Waals surface area contributed by atoms with Crippen molar-refractivity contribution in [3.63, 3.8) is 0 Å². The zero-order chi connectivity index (χ0) is 12.7. The molecule has 3 atom stereocenters. The van der Waals surface area contributed by atoms with Gasteiger partial charge in [-0.05, 0) is 43.0 Å². The predicted molar refractivity (Wildman–Crippen MR) is 69.6 cm³/mol. The number of rotatable bonds is 1. The third-order valence-electron chi connectivity index (χ3n) is 4.20. The molecule has 18 heavy (non-hydrogen) atoms. The summed E-state index contributed by atoms with van der Waals surface area (Å²) in [6, 6.07) is 6.99. The zero-order valence-corrected chi connectivity index (χ0v) is 10.8. The fraction of sp³-hybridized carbons (Fsp3) is 0.500. The highest BCUT2D eigenvalue weighted by Gasteiger charge is 2.43. The van der Waals surface area contributed by atoms with Crippen molar-refractivity contribution in [3.05, 3.63) is 34.9 Å². The minimum Gasteiger partial charge on any atom is -0.393 e. The summed E-state index contributed by atoms with van der Waals surface area (Å²) in [4.78, 5) is 14.2. The Morgan fingerprint density at radius 2 is 1.94 bits per heavy atom. The van der Waals surface area contributed by atoms with Gasteiger partial charge in [0.15, 0.2) is 0 Å². The lowest BCUT2D eigenvalue weighted by atomic mass is 10.00. The van der Waals surface area contributed by atoms with Crippen molar-refractivity contribution in [2.24, 2.45) is 11.8 Å². The molecule has 1 aromatic carbocycles. The standard InChI is InChI=1S/C14H16ClNO2/c15-11-4-1-9(2-5-11)14(18)16-7-10-3-6-13(17)12(10)8-16/h1-2,4-5,10,12-13,17H,3,6-8H2. The largest absolute Gasteiger partial charge is 0.393 e. The Balaban J connectivity index is 1.73. The van der Waals surface area contributed by atoms with E-state index >= 15 is 0 Å². The molecule has 0 radical (unpaired) electrons. The van der Waals surface area contributed by atoms with Gasteiger partial charge in [-0.3, -0.25) is 4.79 Å². The molecule has 1 aliphatic carbocycles. The number of halogens is 1. The van der Waals surface area contributed by atoms with Crippen LogP contribution in [-0.4, -0.2) is 35.1 Å². The lowest BCUT2D eigenvalue weighted by Crippen LogP contribution is -2.30. The summed E-state index contributed by atoms with van der Waals surface area (Å²) >= 11 is 5.82. The number of amides is 1. The van der Waals surface area contributed by atoms with E-state index in [1.54, 1.807) is 24.3 Å². The second-order valence-corrected chi connectivity index (χ2v) is 5.72. The van der Waals surface area contributed by atoms with Gasteiger partial charge in [0.2, 0.25) is 0 Å². The summed E-state index contributed by atoms with van der Waals surface area (Å²) in [5.41, 5.74) is 0.675. The smallest absolute Gasteiger partial charge is 0.253 e. The number of fused-ring (bicyclic) bond motifs is 1. The van der Waals surface area contributed by atoms with Crippen molar-refractivity contribution >= 4 is 17.5 Å². The molecule has 0 aromatic heterocycles. The number of likely N-dealkylation sites (tertiary alicyclic amines) is 1. The lowest BCUT2D eigenvalue weighted by Gasteiger charge is -2.18. The molecule has 3 rings (SSSR count). The molecule has 1 saturated carbocycles. The van der Waals surface area contributed by atoms with Crippen LogP contribution in [0.15, 0.2) is 24.3 Å². The van der Waals surface area contributed by atoms with Gasteiger partial charge in [-0.15, -0.1) is 0 Å². The van der Waals surface area contributed by atoms with Crippen LogP contribution in [0.25, 0.3) is 0 Å². The van der Waals surface area contributed by atoms with Crippen LogP contribution in [-0.2, 0) is 0 Å². The normalized spacial score (nSPS) is 30.6. The molecule has 0 spiro atoms. The molecule has 96 valence electrons. The third-order valence-corrected chi connectivity index (χ3v) is 4.45. The fourth-order valence-electron chi connectivity index (χ4n) is 3.18. The fourth-order valence-corrected chi connectivity index (χ4v) is 3.30. The van der Waals surface area contributed by atoms with E-state index < -0.39 is 0 Å². The maximum absolute atomic E-state index is 12.3. The van der Waals surface area contributed by atoms with Crippen LogP contribution >= 0.6 is 11.6 Å². The molecule has 0 bridgehead atoms. The highest BCUT2D eigenvalue weighted by Crippen LogP contribution is 2.38. The number of carbonyl (C=O) groups excluding carboxylic acids is 1. The Morgan fingerprint density at radius 3 is 2.61 bits per heavy atom. The average molecular weight is 266 g/mol. The van der Waals surface area contributed by atoms with Gasteiger partial charge in [-0.1, -0.05) is 11.6 Å². The summed E-state index contributed by atoms with van der Waals surface area (Å²) in [6.07, 6.45) is 1.70. The first-order chi connectivity index (χ1) is 8.65. The Hall–Kier alpha value is -1.06. The maximum Gasteiger partial charge on any atom is 0.253 e. The summed E-state index contributed by atoms with van der Waals surface area (Å²) in [5.74, 6) is 0.811. The van der Waals surface area contributed by atoms with Gasteiger partial charge in [0.1, 0.15) is 0 Å². The van der Waals surface area contributed by atoms with E-state index in [2.05, 4.69) is 0 Å². The van der Waals surface area contributed by atoms with Crippen LogP contribution in [0.3, 0.4) is 0 Å². The molecule has 3 unspecified atom stereocenters. The number of benzene rings is 1. The van der Waals surface area contributed by atoms with Crippen LogP contribution in [0, 0.1) is 11.8 Å². The van der Waals surface area contributed by atoms with E-state index in [9.17, 15) is 9.90 Å². The number of nitrogens with zero attached hydrogens (tertiary/aromatic N) is 1. The molecule has 3 nitrogen and oxygen atoms in total. The molecular weight excluding hydrogens is 250 g/mol. The Bertz CT molecular complexity index is 459. The van der Waals surface area contributed by atoms with E-state index in [1.807, 2.05) is 4.90 Å². The van der Waals surface area contributed by atoms with Crippen molar-refractivity contribution < 1.29 is 9.90 Å². The highest BCUT2D eigenvalue weighted by atomic mass is 35.5. The first kappa shape index (κ1) is 12.0. The summed E-state index contributed by atoms with van der Waals surface area (Å²) in [5, 5.41) is 10.5. The van der Waals surface area contributed by atoms with Crippen LogP contribution in [0.1, 0.15) is 23.2 Å². The van der Waals surface area contributed by atoms with Gasteiger partial charge in [0.25, 0.3) is 5.91 Å². The van der Waals surface area contributed by atoms with Crippen LogP contribution < -0.4 is 0 Å². The Kier molecular flexibility index (Phi) is 3.04. The van der Waals surface area contributed by atoms with E-state index in [-0.39, 0.29) is 17.9 Å². The molecule has 1 aliphatic heterocycles. The molecule has 1 amide bonds. The lowest BCUT2D eigenvalue weighted by molar-refractivity contribution is 0.0752. The maximum atomic E-state index is 12.3. The van der Waals surface area contributed by atoms with Gasteiger partial charge in [0.05, 0.1) is 6.10 Å². The monoisotopic (exact) mass is 265 g/mol. The quantitative estimate of drug-likeness (QED) is 0.846. The minimum atomic E-state index is -0.224. The summed E-state index contributed by atoms with van der Waals surface area (Å²) in [7, 11) is 0. The summed E-state index contributed by atoms with van der Waals surface area (Å²) in [6.45, 7) is 1.47. The van der Waals surface area contributed by atoms with Gasteiger partial charge < -0.3 is 10.0 Å². The molecule has 1 N–H and O–H groups in total. The van der Waals surface area contributed by atoms with Crippen molar-refractivity contribution in [3.8, 4) is 0 Å². The van der Waals surface area contributed by atoms with E-state index in [1.165, 1.54) is 0 Å². The number of carbonyl (C=O) groups is 1. The van der Waals surface area contributed by atoms with Crippen LogP contribution in [0.2, 0.25) is 5.02 Å². The Morgan fingerprint density at radius 1 is 1.22 bits per heavy atom. The second kappa shape index (κ2) is 4.56. The molecule has 2 aliphatic rings. The third kappa shape index (κ3) is 2.02. The first-order valence-electron chi connectivity index (χ1n) is 6.38. The van der Waals surface area contributed by atoms with Crippen molar-refractivity contribution in [2.75, 3.05) is 13.1 Å². The van der Waals surface area contributed by atoms with Crippen LogP contribution in [0.4, 0.5) is 0 Å². The zero-order valence-electron chi connectivity index (χ0n) is 10.1. The molecular formula is C14H16ClNO2. The highest BCUT2D eigenvalue weighted by molar-refractivity contribution is 6.30. The average Bonchev–Trinajstić information content (AvgIpc) is 2.92. The van der Waals surface area contributed by atoms with Gasteiger partial charge in [-0.2, -0.15) is 0 Å². The molecule has 1 aromatic rings. The van der Waals surface area contributed by atoms with Gasteiger partial charge >= 0.3 is 0 Å². The first-order valence-corrected chi connectivity index (χ1v) is 6.76. The van der Waals surface area contributed by atoms with E-state index in [0.717, 1.165) is 19.4 Å². The Labute approximate surface area is 111 Å². The van der Waals surface area contributed by atoms with Gasteiger partial charge in [-0.25, -0.2) is 0 Å². The van der Waals surface area contributed by atoms with Crippen molar-refractivity contribution in [1.29, 1.82) is 0 Å². The predicted octanol–water partition coefficient (Wildman–Crippen LogP) is 2.18. The topological polar surface area (TPSA) is 40.5 Å². The van der Waals surface area contributed by atoms with Crippen LogP contribution in [0.5, 0.6) is 0 Å². The van der Waals surface area contributed by atoms with E-state index in [4.69, 9.17) is 11.6 Å².